The number of benzene rings is 1. The molecule has 0 radical (unpaired) electrons. The molecular weight excluding hydrogens is 390 g/mol. The second kappa shape index (κ2) is 6.51. The quantitative estimate of drug-likeness (QED) is 0.642. The van der Waals surface area contributed by atoms with Gasteiger partial charge in [-0.3, -0.25) is 14.4 Å². The molecule has 1 fully saturated rings. The lowest BCUT2D eigenvalue weighted by atomic mass is 10.1. The van der Waals surface area contributed by atoms with Crippen molar-refractivity contribution in [2.75, 3.05) is 11.5 Å². The van der Waals surface area contributed by atoms with Crippen molar-refractivity contribution in [2.45, 2.75) is 25.3 Å². The minimum Gasteiger partial charge on any atom is -0.323 e. The fourth-order valence-electron chi connectivity index (χ4n) is 3.36. The lowest BCUT2D eigenvalue weighted by Gasteiger charge is -2.27. The first kappa shape index (κ1) is 18.3. The number of fused-ring (bicyclic) bond motifs is 1. The third-order valence-corrected chi connectivity index (χ3v) is 6.53. The number of nitrogens with zero attached hydrogens (tertiary/aromatic N) is 3. The Morgan fingerprint density at radius 2 is 1.71 bits per heavy atom. The van der Waals surface area contributed by atoms with Gasteiger partial charge in [0.1, 0.15) is 5.71 Å². The molecule has 28 heavy (non-hydrogen) atoms. The molecular formula is C17H15N3O7S. The van der Waals surface area contributed by atoms with E-state index in [2.05, 4.69) is 5.10 Å². The molecule has 0 aromatic heterocycles. The van der Waals surface area contributed by atoms with Gasteiger partial charge in [0.25, 0.3) is 11.8 Å². The zero-order valence-electron chi connectivity index (χ0n) is 14.5. The van der Waals surface area contributed by atoms with Gasteiger partial charge in [0.2, 0.25) is 5.91 Å². The van der Waals surface area contributed by atoms with Gasteiger partial charge in [-0.25, -0.2) is 18.2 Å². The maximum Gasteiger partial charge on any atom is 0.379 e. The van der Waals surface area contributed by atoms with E-state index in [1.165, 1.54) is 12.1 Å². The predicted octanol–water partition coefficient (Wildman–Crippen LogP) is -0.0937. The van der Waals surface area contributed by atoms with Crippen LogP contribution in [0.1, 0.15) is 40.0 Å². The van der Waals surface area contributed by atoms with Crippen molar-refractivity contribution in [3.63, 3.8) is 0 Å². The SMILES string of the molecule is O=C(ON1C(=O)c2ccccc2C1=O)C1=NN(C2CCS(=O)(=O)C2)C(=O)CC1. The van der Waals surface area contributed by atoms with Crippen LogP contribution >= 0.6 is 0 Å². The summed E-state index contributed by atoms with van der Waals surface area (Å²) in [6, 6.07) is 5.42. The standard InChI is InChI=1S/C17H15N3O7S/c21-14-6-5-13(18-19(14)10-7-8-28(25,26)9-10)17(24)27-20-15(22)11-3-1-2-4-12(11)16(20)23/h1-4,10H,5-9H2. The summed E-state index contributed by atoms with van der Waals surface area (Å²) in [5.41, 5.74) is 0.0955. The normalized spacial score (nSPS) is 23.6. The van der Waals surface area contributed by atoms with E-state index in [4.69, 9.17) is 4.84 Å². The Morgan fingerprint density at radius 3 is 2.29 bits per heavy atom. The molecule has 0 spiro atoms. The Bertz CT molecular complexity index is 1010. The van der Waals surface area contributed by atoms with Gasteiger partial charge in [0.15, 0.2) is 9.84 Å². The number of sulfone groups is 1. The van der Waals surface area contributed by atoms with Crippen molar-refractivity contribution in [3.05, 3.63) is 35.4 Å². The Kier molecular flexibility index (Phi) is 4.26. The van der Waals surface area contributed by atoms with Gasteiger partial charge in [-0.2, -0.15) is 5.10 Å². The van der Waals surface area contributed by atoms with Crippen LogP contribution in [0.25, 0.3) is 0 Å². The van der Waals surface area contributed by atoms with Crippen LogP contribution in [0.3, 0.4) is 0 Å². The molecule has 0 bridgehead atoms. The maximum absolute atomic E-state index is 12.4. The van der Waals surface area contributed by atoms with Crippen LogP contribution in [0.5, 0.6) is 0 Å². The van der Waals surface area contributed by atoms with Crippen LogP contribution in [0.4, 0.5) is 0 Å². The highest BCUT2D eigenvalue weighted by molar-refractivity contribution is 7.91. The van der Waals surface area contributed by atoms with Crippen LogP contribution in [-0.2, 0) is 24.3 Å². The Hall–Kier alpha value is -3.08. The van der Waals surface area contributed by atoms with Crippen LogP contribution in [0.2, 0.25) is 0 Å². The Morgan fingerprint density at radius 1 is 1.07 bits per heavy atom. The van der Waals surface area contributed by atoms with Crippen LogP contribution in [-0.4, -0.2) is 65.4 Å². The number of hydrazone groups is 1. The summed E-state index contributed by atoms with van der Waals surface area (Å²) in [6.07, 6.45) is 0.154. The molecule has 3 aliphatic heterocycles. The number of carbonyl (C=O) groups is 4. The minimum absolute atomic E-state index is 0.0309. The predicted molar refractivity (Wildman–Crippen MR) is 93.6 cm³/mol. The van der Waals surface area contributed by atoms with E-state index < -0.39 is 33.7 Å². The van der Waals surface area contributed by atoms with E-state index in [1.54, 1.807) is 12.1 Å². The molecule has 0 saturated carbocycles. The summed E-state index contributed by atoms with van der Waals surface area (Å²) in [5, 5.41) is 5.34. The zero-order valence-corrected chi connectivity index (χ0v) is 15.3. The van der Waals surface area contributed by atoms with Gasteiger partial charge in [-0.1, -0.05) is 17.2 Å². The zero-order chi connectivity index (χ0) is 20.1. The molecule has 0 N–H and O–H groups in total. The molecule has 1 aromatic rings. The molecule has 4 rings (SSSR count). The van der Waals surface area contributed by atoms with Gasteiger partial charge in [-0.05, 0) is 18.6 Å². The van der Waals surface area contributed by atoms with Crippen molar-refractivity contribution < 1.29 is 32.4 Å². The summed E-state index contributed by atoms with van der Waals surface area (Å²) in [7, 11) is -3.25. The van der Waals surface area contributed by atoms with Gasteiger partial charge in [-0.15, -0.1) is 0 Å². The number of hydroxylamine groups is 2. The summed E-state index contributed by atoms with van der Waals surface area (Å²) in [5.74, 6) is -3.22. The second-order valence-corrected chi connectivity index (χ2v) is 8.90. The highest BCUT2D eigenvalue weighted by Crippen LogP contribution is 2.25. The lowest BCUT2D eigenvalue weighted by molar-refractivity contribution is -0.160. The molecule has 1 atom stereocenters. The highest BCUT2D eigenvalue weighted by Gasteiger charge is 2.41. The van der Waals surface area contributed by atoms with E-state index in [1.807, 2.05) is 0 Å². The lowest BCUT2D eigenvalue weighted by Crippen LogP contribution is -2.43. The van der Waals surface area contributed by atoms with Gasteiger partial charge < -0.3 is 4.84 Å². The Labute approximate surface area is 159 Å². The van der Waals surface area contributed by atoms with Crippen molar-refractivity contribution in [2.24, 2.45) is 5.10 Å². The second-order valence-electron chi connectivity index (χ2n) is 6.67. The van der Waals surface area contributed by atoms with Crippen molar-refractivity contribution in [3.8, 4) is 0 Å². The molecule has 3 aliphatic rings. The smallest absolute Gasteiger partial charge is 0.323 e. The Balaban J connectivity index is 1.52. The van der Waals surface area contributed by atoms with Gasteiger partial charge >= 0.3 is 5.97 Å². The summed E-state index contributed by atoms with van der Waals surface area (Å²) >= 11 is 0. The van der Waals surface area contributed by atoms with E-state index in [0.717, 1.165) is 5.01 Å². The number of hydrogen-bond donors (Lipinski definition) is 0. The van der Waals surface area contributed by atoms with E-state index in [0.29, 0.717) is 5.06 Å². The largest absolute Gasteiger partial charge is 0.379 e. The minimum atomic E-state index is -3.25. The molecule has 1 unspecified atom stereocenters. The molecule has 146 valence electrons. The van der Waals surface area contributed by atoms with E-state index >= 15 is 0 Å². The van der Waals surface area contributed by atoms with Crippen molar-refractivity contribution in [1.29, 1.82) is 0 Å². The molecule has 0 aliphatic carbocycles. The first-order valence-corrected chi connectivity index (χ1v) is 10.4. The topological polar surface area (TPSA) is 130 Å². The highest BCUT2D eigenvalue weighted by atomic mass is 32.2. The first-order chi connectivity index (χ1) is 13.3. The monoisotopic (exact) mass is 405 g/mol. The molecule has 10 nitrogen and oxygen atoms in total. The molecule has 11 heteroatoms. The van der Waals surface area contributed by atoms with Crippen molar-refractivity contribution >= 4 is 39.2 Å². The van der Waals surface area contributed by atoms with Crippen molar-refractivity contribution in [1.82, 2.24) is 10.1 Å². The summed E-state index contributed by atoms with van der Waals surface area (Å²) < 4.78 is 23.3. The fraction of sp³-hybridized carbons (Fsp3) is 0.353. The first-order valence-electron chi connectivity index (χ1n) is 8.57. The molecule has 1 saturated heterocycles. The average Bonchev–Trinajstić information content (AvgIpc) is 3.14. The molecule has 3 heterocycles. The number of imide groups is 1. The summed E-state index contributed by atoms with van der Waals surface area (Å²) in [4.78, 5) is 54.1. The third-order valence-electron chi connectivity index (χ3n) is 4.78. The number of rotatable bonds is 3. The molecule has 1 aromatic carbocycles. The summed E-state index contributed by atoms with van der Waals surface area (Å²) in [6.45, 7) is 0. The van der Waals surface area contributed by atoms with Gasteiger partial charge in [0.05, 0.1) is 28.7 Å². The number of hydrogen-bond acceptors (Lipinski definition) is 8. The third kappa shape index (κ3) is 3.07. The van der Waals surface area contributed by atoms with Crippen LogP contribution in [0, 0.1) is 0 Å². The average molecular weight is 405 g/mol. The van der Waals surface area contributed by atoms with Crippen LogP contribution < -0.4 is 0 Å². The van der Waals surface area contributed by atoms with E-state index in [-0.39, 0.29) is 53.5 Å². The van der Waals surface area contributed by atoms with E-state index in [9.17, 15) is 27.6 Å². The molecule has 3 amide bonds. The van der Waals surface area contributed by atoms with Crippen LogP contribution in [0.15, 0.2) is 29.4 Å². The van der Waals surface area contributed by atoms with Gasteiger partial charge in [0, 0.05) is 12.8 Å². The maximum atomic E-state index is 12.4. The fourth-order valence-corrected chi connectivity index (χ4v) is 5.05. The number of amides is 3. The number of carbonyl (C=O) groups excluding carboxylic acids is 4.